The van der Waals surface area contributed by atoms with Gasteiger partial charge in [0, 0.05) is 32.2 Å². The van der Waals surface area contributed by atoms with E-state index in [1.54, 1.807) is 4.90 Å². The molecule has 0 spiro atoms. The first kappa shape index (κ1) is 22.3. The van der Waals surface area contributed by atoms with Crippen LogP contribution in [0, 0.1) is 6.92 Å². The number of likely N-dealkylation sites (tertiary alicyclic amines) is 1. The van der Waals surface area contributed by atoms with Crippen molar-refractivity contribution in [2.75, 3.05) is 26.3 Å². The lowest BCUT2D eigenvalue weighted by atomic mass is 9.97. The van der Waals surface area contributed by atoms with Gasteiger partial charge in [-0.1, -0.05) is 5.16 Å². The van der Waals surface area contributed by atoms with Crippen molar-refractivity contribution in [1.82, 2.24) is 24.8 Å². The Morgan fingerprint density at radius 1 is 1.23 bits per heavy atom. The molecule has 0 N–H and O–H groups in total. The smallest absolute Gasteiger partial charge is 0.381 e. The van der Waals surface area contributed by atoms with Gasteiger partial charge in [0.05, 0.1) is 16.1 Å². The van der Waals surface area contributed by atoms with Crippen molar-refractivity contribution < 1.29 is 27.2 Å². The van der Waals surface area contributed by atoms with Crippen molar-refractivity contribution in [3.05, 3.63) is 27.6 Å². The lowest BCUT2D eigenvalue weighted by molar-refractivity contribution is -0.142. The highest BCUT2D eigenvalue weighted by Crippen LogP contribution is 2.35. The fraction of sp³-hybridized carbons (Fsp3) is 0.684. The largest absolute Gasteiger partial charge is 0.436 e. The Morgan fingerprint density at radius 3 is 2.65 bits per heavy atom. The number of carbonyl (C=O) groups is 1. The van der Waals surface area contributed by atoms with Crippen LogP contribution < -0.4 is 0 Å². The Morgan fingerprint density at radius 2 is 1.97 bits per heavy atom. The Bertz CT molecular complexity index is 939. The van der Waals surface area contributed by atoms with Gasteiger partial charge >= 0.3 is 6.18 Å². The SMILES string of the molecule is Cc1c(Br)c(C(F)(F)F)nn1CC(=O)N1CCCC(c2nc(C3CCOCC3)no2)C1. The van der Waals surface area contributed by atoms with Gasteiger partial charge in [-0.3, -0.25) is 9.48 Å². The molecule has 0 radical (unpaired) electrons. The molecule has 1 unspecified atom stereocenters. The molecule has 2 aliphatic heterocycles. The Balaban J connectivity index is 1.42. The number of piperidine rings is 1. The van der Waals surface area contributed by atoms with Crippen LogP contribution in [0.2, 0.25) is 0 Å². The zero-order valence-electron chi connectivity index (χ0n) is 17.0. The molecule has 2 aliphatic rings. The molecule has 0 bridgehead atoms. The van der Waals surface area contributed by atoms with E-state index in [-0.39, 0.29) is 34.5 Å². The van der Waals surface area contributed by atoms with Gasteiger partial charge in [-0.05, 0) is 48.5 Å². The first-order valence-electron chi connectivity index (χ1n) is 10.2. The van der Waals surface area contributed by atoms with Crippen molar-refractivity contribution in [1.29, 1.82) is 0 Å². The van der Waals surface area contributed by atoms with Crippen LogP contribution in [0.15, 0.2) is 9.00 Å². The zero-order valence-corrected chi connectivity index (χ0v) is 18.6. The second kappa shape index (κ2) is 8.89. The standard InChI is InChI=1S/C19H23BrF3N5O3/c1-11-15(20)16(19(21,22)23)25-28(11)10-14(29)27-6-2-3-13(9-27)18-24-17(26-31-18)12-4-7-30-8-5-12/h12-13H,2-10H2,1H3. The number of halogens is 4. The van der Waals surface area contributed by atoms with E-state index in [0.717, 1.165) is 30.4 Å². The lowest BCUT2D eigenvalue weighted by Crippen LogP contribution is -2.41. The normalized spacial score (nSPS) is 20.9. The second-order valence-electron chi connectivity index (χ2n) is 7.96. The molecule has 0 saturated carbocycles. The van der Waals surface area contributed by atoms with Crippen LogP contribution in [0.1, 0.15) is 60.6 Å². The van der Waals surface area contributed by atoms with Crippen molar-refractivity contribution in [3.8, 4) is 0 Å². The molecule has 0 aromatic carbocycles. The summed E-state index contributed by atoms with van der Waals surface area (Å²) in [5.74, 6) is 1.03. The average Bonchev–Trinajstić information content (AvgIpc) is 3.35. The van der Waals surface area contributed by atoms with Crippen molar-refractivity contribution >= 4 is 21.8 Å². The molecule has 2 fully saturated rings. The van der Waals surface area contributed by atoms with E-state index in [0.29, 0.717) is 38.0 Å². The molecule has 31 heavy (non-hydrogen) atoms. The molecule has 2 saturated heterocycles. The predicted molar refractivity (Wildman–Crippen MR) is 105 cm³/mol. The summed E-state index contributed by atoms with van der Waals surface area (Å²) in [5, 5.41) is 7.72. The Labute approximate surface area is 185 Å². The molecule has 4 heterocycles. The zero-order chi connectivity index (χ0) is 22.2. The monoisotopic (exact) mass is 505 g/mol. The summed E-state index contributed by atoms with van der Waals surface area (Å²) in [5.41, 5.74) is -0.770. The summed E-state index contributed by atoms with van der Waals surface area (Å²) in [6.45, 7) is 3.52. The summed E-state index contributed by atoms with van der Waals surface area (Å²) < 4.78 is 51.0. The molecule has 4 rings (SSSR count). The molecule has 2 aromatic heterocycles. The van der Waals surface area contributed by atoms with Crippen LogP contribution in [-0.2, 0) is 22.3 Å². The van der Waals surface area contributed by atoms with Crippen LogP contribution in [0.4, 0.5) is 13.2 Å². The van der Waals surface area contributed by atoms with Gasteiger partial charge in [0.1, 0.15) is 6.54 Å². The van der Waals surface area contributed by atoms with Crippen molar-refractivity contribution in [2.24, 2.45) is 0 Å². The predicted octanol–water partition coefficient (Wildman–Crippen LogP) is 3.66. The van der Waals surface area contributed by atoms with E-state index in [4.69, 9.17) is 9.26 Å². The highest BCUT2D eigenvalue weighted by atomic mass is 79.9. The van der Waals surface area contributed by atoms with E-state index < -0.39 is 11.9 Å². The molecular formula is C19H23BrF3N5O3. The number of hydrogen-bond acceptors (Lipinski definition) is 6. The number of alkyl halides is 3. The van der Waals surface area contributed by atoms with Gasteiger partial charge in [0.15, 0.2) is 11.5 Å². The Hall–Kier alpha value is -1.95. The number of nitrogens with zero attached hydrogens (tertiary/aromatic N) is 5. The number of ether oxygens (including phenoxy) is 1. The minimum Gasteiger partial charge on any atom is -0.381 e. The third-order valence-electron chi connectivity index (χ3n) is 5.85. The Kier molecular flexibility index (Phi) is 6.38. The van der Waals surface area contributed by atoms with E-state index in [9.17, 15) is 18.0 Å². The number of aromatic nitrogens is 4. The molecule has 2 aromatic rings. The molecular weight excluding hydrogens is 483 g/mol. The summed E-state index contributed by atoms with van der Waals surface area (Å²) in [6.07, 6.45) is -1.32. The second-order valence-corrected chi connectivity index (χ2v) is 8.75. The summed E-state index contributed by atoms with van der Waals surface area (Å²) in [4.78, 5) is 19.0. The van der Waals surface area contributed by atoms with Gasteiger partial charge in [0.2, 0.25) is 11.8 Å². The van der Waals surface area contributed by atoms with Crippen LogP contribution in [0.3, 0.4) is 0 Å². The molecule has 1 amide bonds. The van der Waals surface area contributed by atoms with Crippen molar-refractivity contribution in [2.45, 2.75) is 57.2 Å². The minimum atomic E-state index is -4.59. The van der Waals surface area contributed by atoms with E-state index >= 15 is 0 Å². The highest BCUT2D eigenvalue weighted by molar-refractivity contribution is 9.10. The summed E-state index contributed by atoms with van der Waals surface area (Å²) in [6, 6.07) is 0. The molecule has 170 valence electrons. The van der Waals surface area contributed by atoms with Crippen LogP contribution in [-0.4, -0.2) is 57.0 Å². The van der Waals surface area contributed by atoms with E-state index in [2.05, 4.69) is 31.2 Å². The first-order valence-corrected chi connectivity index (χ1v) is 11.0. The van der Waals surface area contributed by atoms with Gasteiger partial charge in [-0.2, -0.15) is 23.3 Å². The fourth-order valence-corrected chi connectivity index (χ4v) is 4.54. The van der Waals surface area contributed by atoms with Crippen LogP contribution in [0.25, 0.3) is 0 Å². The number of amides is 1. The molecule has 1 atom stereocenters. The van der Waals surface area contributed by atoms with Gasteiger partial charge in [-0.15, -0.1) is 0 Å². The quantitative estimate of drug-likeness (QED) is 0.630. The maximum atomic E-state index is 13.1. The van der Waals surface area contributed by atoms with Gasteiger partial charge in [0.25, 0.3) is 0 Å². The van der Waals surface area contributed by atoms with Gasteiger partial charge in [-0.25, -0.2) is 0 Å². The van der Waals surface area contributed by atoms with E-state index in [1.807, 2.05) is 0 Å². The number of carbonyl (C=O) groups excluding carboxylic acids is 1. The number of rotatable bonds is 4. The summed E-state index contributed by atoms with van der Waals surface area (Å²) in [7, 11) is 0. The maximum absolute atomic E-state index is 13.1. The highest BCUT2D eigenvalue weighted by Gasteiger charge is 2.38. The van der Waals surface area contributed by atoms with Gasteiger partial charge < -0.3 is 14.2 Å². The molecule has 8 nitrogen and oxygen atoms in total. The molecule has 0 aliphatic carbocycles. The third-order valence-corrected chi connectivity index (χ3v) is 6.80. The fourth-order valence-electron chi connectivity index (χ4n) is 4.03. The first-order chi connectivity index (χ1) is 14.7. The average molecular weight is 506 g/mol. The summed E-state index contributed by atoms with van der Waals surface area (Å²) >= 11 is 2.93. The third kappa shape index (κ3) is 4.79. The van der Waals surface area contributed by atoms with Crippen LogP contribution in [0.5, 0.6) is 0 Å². The maximum Gasteiger partial charge on any atom is 0.436 e. The van der Waals surface area contributed by atoms with E-state index in [1.165, 1.54) is 6.92 Å². The topological polar surface area (TPSA) is 86.3 Å². The lowest BCUT2D eigenvalue weighted by Gasteiger charge is -2.31. The minimum absolute atomic E-state index is 0.0880. The van der Waals surface area contributed by atoms with Crippen molar-refractivity contribution in [3.63, 3.8) is 0 Å². The van der Waals surface area contributed by atoms with Crippen LogP contribution >= 0.6 is 15.9 Å². The molecule has 12 heteroatoms. The number of hydrogen-bond donors (Lipinski definition) is 0.